The van der Waals surface area contributed by atoms with Gasteiger partial charge in [0, 0.05) is 23.4 Å². The van der Waals surface area contributed by atoms with E-state index in [1.807, 2.05) is 24.3 Å². The SMILES string of the molecule is NC(CSc1nc2ccccc2[nH]1)c1ccc(F)cc1F. The smallest absolute Gasteiger partial charge is 0.166 e. The van der Waals surface area contributed by atoms with Crippen LogP contribution in [-0.2, 0) is 0 Å². The van der Waals surface area contributed by atoms with Crippen molar-refractivity contribution in [3.63, 3.8) is 0 Å². The van der Waals surface area contributed by atoms with Crippen molar-refractivity contribution in [3.8, 4) is 0 Å². The third-order valence-corrected chi connectivity index (χ3v) is 4.12. The molecule has 3 rings (SSSR count). The number of H-pyrrole nitrogens is 1. The van der Waals surface area contributed by atoms with Crippen molar-refractivity contribution in [2.45, 2.75) is 11.2 Å². The van der Waals surface area contributed by atoms with Crippen LogP contribution < -0.4 is 5.73 Å². The van der Waals surface area contributed by atoms with Crippen molar-refractivity contribution < 1.29 is 8.78 Å². The molecule has 0 saturated carbocycles. The highest BCUT2D eigenvalue weighted by Crippen LogP contribution is 2.25. The van der Waals surface area contributed by atoms with Crippen molar-refractivity contribution in [2.24, 2.45) is 5.73 Å². The van der Waals surface area contributed by atoms with Crippen LogP contribution in [0.15, 0.2) is 47.6 Å². The molecule has 0 bridgehead atoms. The Balaban J connectivity index is 1.71. The molecule has 0 fully saturated rings. The van der Waals surface area contributed by atoms with Gasteiger partial charge in [-0.3, -0.25) is 0 Å². The molecule has 0 radical (unpaired) electrons. The first-order valence-electron chi connectivity index (χ1n) is 6.41. The molecule has 108 valence electrons. The van der Waals surface area contributed by atoms with Crippen LogP contribution in [-0.4, -0.2) is 15.7 Å². The van der Waals surface area contributed by atoms with Gasteiger partial charge in [0.25, 0.3) is 0 Å². The minimum Gasteiger partial charge on any atom is -0.333 e. The van der Waals surface area contributed by atoms with Crippen molar-refractivity contribution in [2.75, 3.05) is 5.75 Å². The van der Waals surface area contributed by atoms with Crippen molar-refractivity contribution in [3.05, 3.63) is 59.7 Å². The number of benzene rings is 2. The summed E-state index contributed by atoms with van der Waals surface area (Å²) in [5.74, 6) is -0.774. The van der Waals surface area contributed by atoms with E-state index in [-0.39, 0.29) is 0 Å². The Hall–Kier alpha value is -1.92. The Kier molecular flexibility index (Phi) is 3.90. The van der Waals surface area contributed by atoms with E-state index >= 15 is 0 Å². The molecule has 0 aliphatic carbocycles. The summed E-state index contributed by atoms with van der Waals surface area (Å²) in [6.45, 7) is 0. The number of nitrogens with zero attached hydrogens (tertiary/aromatic N) is 1. The number of imidazole rings is 1. The summed E-state index contributed by atoms with van der Waals surface area (Å²) in [5, 5.41) is 0.731. The van der Waals surface area contributed by atoms with Gasteiger partial charge >= 0.3 is 0 Å². The fourth-order valence-electron chi connectivity index (χ4n) is 2.06. The lowest BCUT2D eigenvalue weighted by Gasteiger charge is -2.11. The predicted molar refractivity (Wildman–Crippen MR) is 80.1 cm³/mol. The maximum absolute atomic E-state index is 13.6. The largest absolute Gasteiger partial charge is 0.333 e. The summed E-state index contributed by atoms with van der Waals surface area (Å²) in [6.07, 6.45) is 0. The van der Waals surface area contributed by atoms with Gasteiger partial charge in [-0.15, -0.1) is 0 Å². The van der Waals surface area contributed by atoms with Gasteiger partial charge in [0.05, 0.1) is 11.0 Å². The minimum atomic E-state index is -0.618. The third-order valence-electron chi connectivity index (χ3n) is 3.13. The number of nitrogens with two attached hydrogens (primary N) is 1. The zero-order chi connectivity index (χ0) is 14.8. The summed E-state index contributed by atoms with van der Waals surface area (Å²) in [5.41, 5.74) is 8.09. The van der Waals surface area contributed by atoms with Gasteiger partial charge in [0.1, 0.15) is 11.6 Å². The van der Waals surface area contributed by atoms with E-state index in [1.54, 1.807) is 0 Å². The third kappa shape index (κ3) is 3.06. The number of halogens is 2. The van der Waals surface area contributed by atoms with Crippen LogP contribution >= 0.6 is 11.8 Å². The monoisotopic (exact) mass is 305 g/mol. The molecule has 1 aromatic heterocycles. The number of aromatic nitrogens is 2. The van der Waals surface area contributed by atoms with Gasteiger partial charge in [-0.1, -0.05) is 30.0 Å². The highest BCUT2D eigenvalue weighted by Gasteiger charge is 2.13. The molecule has 6 heteroatoms. The Morgan fingerprint density at radius 2 is 2.00 bits per heavy atom. The Morgan fingerprint density at radius 1 is 1.19 bits per heavy atom. The Bertz CT molecular complexity index is 739. The standard InChI is InChI=1S/C15H13F2N3S/c16-9-5-6-10(11(17)7-9)12(18)8-21-15-19-13-3-1-2-4-14(13)20-15/h1-7,12H,8,18H2,(H,19,20). The number of fused-ring (bicyclic) bond motifs is 1. The molecular formula is C15H13F2N3S. The number of hydrogen-bond donors (Lipinski definition) is 2. The lowest BCUT2D eigenvalue weighted by molar-refractivity contribution is 0.563. The van der Waals surface area contributed by atoms with Crippen molar-refractivity contribution >= 4 is 22.8 Å². The van der Waals surface area contributed by atoms with Crippen LogP contribution in [0.5, 0.6) is 0 Å². The number of rotatable bonds is 4. The minimum absolute atomic E-state index is 0.306. The van der Waals surface area contributed by atoms with E-state index in [1.165, 1.54) is 23.9 Å². The van der Waals surface area contributed by atoms with E-state index in [0.717, 1.165) is 22.3 Å². The topological polar surface area (TPSA) is 54.7 Å². The van der Waals surface area contributed by atoms with Crippen LogP contribution in [0.3, 0.4) is 0 Å². The van der Waals surface area contributed by atoms with Crippen LogP contribution in [0, 0.1) is 11.6 Å². The summed E-state index contributed by atoms with van der Waals surface area (Å²) in [7, 11) is 0. The summed E-state index contributed by atoms with van der Waals surface area (Å²) in [4.78, 5) is 7.58. The second-order valence-electron chi connectivity index (χ2n) is 4.64. The maximum atomic E-state index is 13.6. The van der Waals surface area contributed by atoms with Crippen molar-refractivity contribution in [1.29, 1.82) is 0 Å². The Morgan fingerprint density at radius 3 is 2.76 bits per heavy atom. The second kappa shape index (κ2) is 5.83. The fraction of sp³-hybridized carbons (Fsp3) is 0.133. The first-order valence-corrected chi connectivity index (χ1v) is 7.40. The molecule has 1 heterocycles. The summed E-state index contributed by atoms with van der Waals surface area (Å²) in [6, 6.07) is 10.6. The van der Waals surface area contributed by atoms with Crippen molar-refractivity contribution in [1.82, 2.24) is 9.97 Å². The molecular weight excluding hydrogens is 292 g/mol. The molecule has 1 atom stereocenters. The molecule has 0 amide bonds. The van der Waals surface area contributed by atoms with Crippen LogP contribution in [0.4, 0.5) is 8.78 Å². The molecule has 0 aliphatic heterocycles. The first-order chi connectivity index (χ1) is 10.1. The van der Waals surface area contributed by atoms with Crippen LogP contribution in [0.2, 0.25) is 0 Å². The second-order valence-corrected chi connectivity index (χ2v) is 5.65. The van der Waals surface area contributed by atoms with Gasteiger partial charge < -0.3 is 10.7 Å². The molecule has 3 nitrogen and oxygen atoms in total. The van der Waals surface area contributed by atoms with E-state index < -0.39 is 17.7 Å². The van der Waals surface area contributed by atoms with E-state index in [4.69, 9.17) is 5.73 Å². The zero-order valence-electron chi connectivity index (χ0n) is 11.0. The maximum Gasteiger partial charge on any atom is 0.166 e. The van der Waals surface area contributed by atoms with Gasteiger partial charge in [-0.05, 0) is 18.2 Å². The number of thioether (sulfide) groups is 1. The quantitative estimate of drug-likeness (QED) is 0.724. The molecule has 0 saturated heterocycles. The lowest BCUT2D eigenvalue weighted by atomic mass is 10.1. The summed E-state index contributed by atoms with van der Waals surface area (Å²) < 4.78 is 26.5. The van der Waals surface area contributed by atoms with E-state index in [2.05, 4.69) is 9.97 Å². The average molecular weight is 305 g/mol. The predicted octanol–water partition coefficient (Wildman–Crippen LogP) is 3.63. The number of para-hydroxylation sites is 2. The molecule has 3 N–H and O–H groups in total. The molecule has 3 aromatic rings. The van der Waals surface area contributed by atoms with Gasteiger partial charge in [0.2, 0.25) is 0 Å². The van der Waals surface area contributed by atoms with Gasteiger partial charge in [-0.25, -0.2) is 13.8 Å². The molecule has 1 unspecified atom stereocenters. The fourth-order valence-corrected chi connectivity index (χ4v) is 2.92. The number of hydrogen-bond acceptors (Lipinski definition) is 3. The zero-order valence-corrected chi connectivity index (χ0v) is 11.8. The molecule has 0 aliphatic rings. The molecule has 2 aromatic carbocycles. The van der Waals surface area contributed by atoms with E-state index in [0.29, 0.717) is 11.3 Å². The molecule has 0 spiro atoms. The van der Waals surface area contributed by atoms with Gasteiger partial charge in [0.15, 0.2) is 5.16 Å². The first kappa shape index (κ1) is 14.0. The average Bonchev–Trinajstić information content (AvgIpc) is 2.87. The highest BCUT2D eigenvalue weighted by atomic mass is 32.2. The van der Waals surface area contributed by atoms with Gasteiger partial charge in [-0.2, -0.15) is 0 Å². The molecule has 21 heavy (non-hydrogen) atoms. The number of aromatic amines is 1. The van der Waals surface area contributed by atoms with Crippen LogP contribution in [0.1, 0.15) is 11.6 Å². The highest BCUT2D eigenvalue weighted by molar-refractivity contribution is 7.99. The van der Waals surface area contributed by atoms with E-state index in [9.17, 15) is 8.78 Å². The number of nitrogens with one attached hydrogen (secondary N) is 1. The summed E-state index contributed by atoms with van der Waals surface area (Å²) >= 11 is 1.41. The van der Waals surface area contributed by atoms with Crippen LogP contribution in [0.25, 0.3) is 11.0 Å². The Labute approximate surface area is 124 Å². The normalized spacial score (nSPS) is 12.7. The lowest BCUT2D eigenvalue weighted by Crippen LogP contribution is -2.15.